The molecule has 1 aliphatic carbocycles. The topological polar surface area (TPSA) is 101 Å². The normalized spacial score (nSPS) is 27.1. The van der Waals surface area contributed by atoms with Crippen molar-refractivity contribution in [2.75, 3.05) is 19.6 Å². The number of nitrogens with zero attached hydrogens (tertiary/aromatic N) is 4. The van der Waals surface area contributed by atoms with Crippen molar-refractivity contribution < 1.29 is 0 Å². The van der Waals surface area contributed by atoms with Gasteiger partial charge in [0.25, 0.3) is 0 Å². The highest BCUT2D eigenvalue weighted by atomic mass is 15.1. The second kappa shape index (κ2) is 6.22. The fourth-order valence-electron chi connectivity index (χ4n) is 3.84. The lowest BCUT2D eigenvalue weighted by molar-refractivity contribution is 0.164. The molecule has 0 saturated carbocycles. The second-order valence-corrected chi connectivity index (χ2v) is 5.97. The zero-order valence-electron chi connectivity index (χ0n) is 13.1. The molecule has 0 saturated heterocycles. The second-order valence-electron chi connectivity index (χ2n) is 5.97. The van der Waals surface area contributed by atoms with Crippen LogP contribution in [0.4, 0.5) is 0 Å². The largest absolute Gasteiger partial charge is 0.399 e. The summed E-state index contributed by atoms with van der Waals surface area (Å²) in [7, 11) is 0. The van der Waals surface area contributed by atoms with Gasteiger partial charge in [0.2, 0.25) is 0 Å². The average molecular weight is 295 g/mol. The molecule has 0 bridgehead atoms. The van der Waals surface area contributed by atoms with Gasteiger partial charge in [-0.15, -0.1) is 0 Å². The van der Waals surface area contributed by atoms with Crippen LogP contribution in [-0.4, -0.2) is 24.5 Å². The summed E-state index contributed by atoms with van der Waals surface area (Å²) in [6.45, 7) is 6.66. The molecule has 0 radical (unpaired) electrons. The number of allylic oxidation sites excluding steroid dienone is 2. The Morgan fingerprint density at radius 1 is 1.32 bits per heavy atom. The number of fused-ring (bicyclic) bond motifs is 1. The van der Waals surface area contributed by atoms with E-state index in [1.807, 2.05) is 6.92 Å². The Balaban J connectivity index is 2.61. The molecule has 5 nitrogen and oxygen atoms in total. The molecular formula is C17H21N5. The van der Waals surface area contributed by atoms with E-state index in [4.69, 9.17) is 5.73 Å². The summed E-state index contributed by atoms with van der Waals surface area (Å²) in [5, 5.41) is 28.8. The van der Waals surface area contributed by atoms with Crippen LogP contribution >= 0.6 is 0 Å². The predicted molar refractivity (Wildman–Crippen MR) is 82.6 cm³/mol. The highest BCUT2D eigenvalue weighted by Gasteiger charge is 2.52. The third kappa shape index (κ3) is 2.17. The van der Waals surface area contributed by atoms with Crippen molar-refractivity contribution in [3.63, 3.8) is 0 Å². The van der Waals surface area contributed by atoms with E-state index in [0.717, 1.165) is 31.6 Å². The smallest absolute Gasteiger partial charge is 0.187 e. The standard InChI is InChI=1S/C17H21N5/c1-3-6-22-7-5-12-13(8-18)16(21)17(10-19,11-20)15(4-2)14(12)9-22/h5,14-15H,3-4,6-7,9,21H2,1-2H3/t14-,15-/m0/s1. The number of nitrogens with two attached hydrogens (primary N) is 1. The number of hydrogen-bond donors (Lipinski definition) is 1. The van der Waals surface area contributed by atoms with E-state index < -0.39 is 5.41 Å². The van der Waals surface area contributed by atoms with Gasteiger partial charge in [-0.2, -0.15) is 15.8 Å². The van der Waals surface area contributed by atoms with Gasteiger partial charge < -0.3 is 5.73 Å². The first-order valence-electron chi connectivity index (χ1n) is 7.75. The lowest BCUT2D eigenvalue weighted by Crippen LogP contribution is -2.49. The maximum atomic E-state index is 9.66. The summed E-state index contributed by atoms with van der Waals surface area (Å²) in [5.41, 5.74) is 6.13. The Morgan fingerprint density at radius 3 is 2.50 bits per heavy atom. The van der Waals surface area contributed by atoms with Gasteiger partial charge in [0.1, 0.15) is 6.07 Å². The summed E-state index contributed by atoms with van der Waals surface area (Å²) >= 11 is 0. The Labute approximate surface area is 131 Å². The Morgan fingerprint density at radius 2 is 2.00 bits per heavy atom. The van der Waals surface area contributed by atoms with Crippen LogP contribution < -0.4 is 5.73 Å². The van der Waals surface area contributed by atoms with Crippen molar-refractivity contribution in [2.45, 2.75) is 26.7 Å². The molecule has 5 heteroatoms. The first kappa shape index (κ1) is 16.1. The molecule has 2 rings (SSSR count). The monoisotopic (exact) mass is 295 g/mol. The molecule has 0 aromatic rings. The summed E-state index contributed by atoms with van der Waals surface area (Å²) in [6, 6.07) is 6.38. The van der Waals surface area contributed by atoms with Crippen LogP contribution in [0.25, 0.3) is 0 Å². The van der Waals surface area contributed by atoms with Crippen LogP contribution in [0.2, 0.25) is 0 Å². The molecular weight excluding hydrogens is 274 g/mol. The SMILES string of the molecule is CCCN1CC=C2C(C#N)=C(N)C(C#N)(C#N)[C@@H](CC)[C@H]2C1. The summed E-state index contributed by atoms with van der Waals surface area (Å²) in [5.74, 6) is -0.156. The van der Waals surface area contributed by atoms with Gasteiger partial charge in [0.15, 0.2) is 5.41 Å². The van der Waals surface area contributed by atoms with Crippen LogP contribution in [0.5, 0.6) is 0 Å². The van der Waals surface area contributed by atoms with Crippen molar-refractivity contribution in [1.29, 1.82) is 15.8 Å². The van der Waals surface area contributed by atoms with Crippen molar-refractivity contribution in [3.05, 3.63) is 22.9 Å². The first-order chi connectivity index (χ1) is 10.6. The van der Waals surface area contributed by atoms with E-state index in [-0.39, 0.29) is 17.5 Å². The molecule has 2 aliphatic rings. The fraction of sp³-hybridized carbons (Fsp3) is 0.588. The molecule has 2 atom stereocenters. The Hall–Kier alpha value is -2.29. The third-order valence-corrected chi connectivity index (χ3v) is 4.89. The zero-order valence-corrected chi connectivity index (χ0v) is 13.1. The van der Waals surface area contributed by atoms with E-state index in [2.05, 4.69) is 36.1 Å². The van der Waals surface area contributed by atoms with Crippen LogP contribution in [0.1, 0.15) is 26.7 Å². The molecule has 0 amide bonds. The van der Waals surface area contributed by atoms with Gasteiger partial charge in [-0.1, -0.05) is 19.9 Å². The molecule has 0 unspecified atom stereocenters. The molecule has 0 spiro atoms. The lowest BCUT2D eigenvalue weighted by atomic mass is 9.59. The maximum Gasteiger partial charge on any atom is 0.187 e. The van der Waals surface area contributed by atoms with Crippen molar-refractivity contribution >= 4 is 0 Å². The van der Waals surface area contributed by atoms with Gasteiger partial charge in [-0.05, 0) is 25.0 Å². The lowest BCUT2D eigenvalue weighted by Gasteiger charge is -2.45. The maximum absolute atomic E-state index is 9.66. The number of hydrogen-bond acceptors (Lipinski definition) is 5. The molecule has 1 aliphatic heterocycles. The Bertz CT molecular complexity index is 623. The van der Waals surface area contributed by atoms with E-state index in [1.165, 1.54) is 0 Å². The van der Waals surface area contributed by atoms with E-state index in [0.29, 0.717) is 12.0 Å². The fourth-order valence-corrected chi connectivity index (χ4v) is 3.84. The van der Waals surface area contributed by atoms with Gasteiger partial charge in [-0.3, -0.25) is 4.90 Å². The van der Waals surface area contributed by atoms with Gasteiger partial charge in [0.05, 0.1) is 23.4 Å². The molecule has 0 aromatic heterocycles. The highest BCUT2D eigenvalue weighted by Crippen LogP contribution is 2.50. The highest BCUT2D eigenvalue weighted by molar-refractivity contribution is 5.56. The van der Waals surface area contributed by atoms with E-state index in [9.17, 15) is 15.8 Å². The number of rotatable bonds is 3. The van der Waals surface area contributed by atoms with Gasteiger partial charge >= 0.3 is 0 Å². The zero-order chi connectivity index (χ0) is 16.3. The van der Waals surface area contributed by atoms with Crippen molar-refractivity contribution in [2.24, 2.45) is 23.0 Å². The third-order valence-electron chi connectivity index (χ3n) is 4.89. The molecule has 1 heterocycles. The van der Waals surface area contributed by atoms with Gasteiger partial charge in [-0.25, -0.2) is 0 Å². The minimum atomic E-state index is -1.39. The first-order valence-corrected chi connectivity index (χ1v) is 7.75. The van der Waals surface area contributed by atoms with Crippen molar-refractivity contribution in [3.8, 4) is 18.2 Å². The minimum absolute atomic E-state index is 0.0200. The van der Waals surface area contributed by atoms with Crippen LogP contribution in [0, 0.1) is 51.2 Å². The molecule has 2 N–H and O–H groups in total. The summed E-state index contributed by atoms with van der Waals surface area (Å²) < 4.78 is 0. The summed E-state index contributed by atoms with van der Waals surface area (Å²) in [4.78, 5) is 2.31. The van der Waals surface area contributed by atoms with Crippen LogP contribution in [0.3, 0.4) is 0 Å². The molecule has 22 heavy (non-hydrogen) atoms. The quantitative estimate of drug-likeness (QED) is 0.858. The average Bonchev–Trinajstić information content (AvgIpc) is 2.54. The number of nitriles is 3. The Kier molecular flexibility index (Phi) is 4.55. The molecule has 0 fully saturated rings. The minimum Gasteiger partial charge on any atom is -0.399 e. The van der Waals surface area contributed by atoms with Gasteiger partial charge in [0, 0.05) is 24.9 Å². The van der Waals surface area contributed by atoms with E-state index in [1.54, 1.807) is 0 Å². The molecule has 0 aromatic carbocycles. The predicted octanol–water partition coefficient (Wildman–Crippen LogP) is 2.06. The van der Waals surface area contributed by atoms with Crippen molar-refractivity contribution in [1.82, 2.24) is 4.90 Å². The van der Waals surface area contributed by atoms with E-state index >= 15 is 0 Å². The summed E-state index contributed by atoms with van der Waals surface area (Å²) in [6.07, 6.45) is 3.79. The molecule has 114 valence electrons. The van der Waals surface area contributed by atoms with Crippen LogP contribution in [-0.2, 0) is 0 Å². The van der Waals surface area contributed by atoms with Crippen LogP contribution in [0.15, 0.2) is 22.9 Å².